The second-order valence-corrected chi connectivity index (χ2v) is 7.29. The molecule has 0 unspecified atom stereocenters. The van der Waals surface area contributed by atoms with Crippen LogP contribution in [-0.2, 0) is 19.3 Å². The molecule has 0 aliphatic carbocycles. The van der Waals surface area contributed by atoms with Gasteiger partial charge in [0.05, 0.1) is 5.56 Å². The minimum atomic E-state index is -4.27. The third-order valence-corrected chi connectivity index (χ3v) is 5.00. The van der Waals surface area contributed by atoms with Gasteiger partial charge in [0, 0.05) is 43.7 Å². The fraction of sp³-hybridized carbons (Fsp3) is 0.368. The average molecular weight is 413 g/mol. The zero-order valence-corrected chi connectivity index (χ0v) is 15.4. The van der Waals surface area contributed by atoms with Gasteiger partial charge in [-0.05, 0) is 35.4 Å². The highest BCUT2D eigenvalue weighted by Crippen LogP contribution is 2.29. The van der Waals surface area contributed by atoms with Crippen molar-refractivity contribution in [3.8, 4) is 0 Å². The lowest BCUT2D eigenvalue weighted by Gasteiger charge is -2.34. The number of hydrogen-bond acceptors (Lipinski definition) is 2. The van der Waals surface area contributed by atoms with E-state index in [4.69, 9.17) is 0 Å². The first-order valence-corrected chi connectivity index (χ1v) is 9.05. The minimum absolute atomic E-state index is 0.587. The topological polar surface area (TPSA) is 6.48 Å². The quantitative estimate of drug-likeness (QED) is 0.712. The van der Waals surface area contributed by atoms with Crippen molar-refractivity contribution in [3.05, 3.63) is 69.7 Å². The van der Waals surface area contributed by atoms with Crippen LogP contribution in [0.25, 0.3) is 0 Å². The molecule has 2 aromatic rings. The number of piperazine rings is 1. The molecule has 0 radical (unpaired) electrons. The van der Waals surface area contributed by atoms with Crippen LogP contribution >= 0.6 is 15.9 Å². The molecule has 0 amide bonds. The van der Waals surface area contributed by atoms with Gasteiger partial charge in [0.1, 0.15) is 0 Å². The number of benzene rings is 2. The normalized spacial score (nSPS) is 17.0. The van der Waals surface area contributed by atoms with Crippen molar-refractivity contribution >= 4 is 15.9 Å². The van der Waals surface area contributed by atoms with Crippen molar-refractivity contribution in [3.63, 3.8) is 0 Å². The minimum Gasteiger partial charge on any atom is -0.297 e. The predicted octanol–water partition coefficient (Wildman–Crippen LogP) is 4.79. The van der Waals surface area contributed by atoms with Gasteiger partial charge in [-0.15, -0.1) is 0 Å². The predicted molar refractivity (Wildman–Crippen MR) is 96.1 cm³/mol. The van der Waals surface area contributed by atoms with Crippen LogP contribution in [0, 0.1) is 0 Å². The number of alkyl halides is 3. The summed E-state index contributed by atoms with van der Waals surface area (Å²) in [5.74, 6) is 0. The average Bonchev–Trinajstić information content (AvgIpc) is 2.58. The van der Waals surface area contributed by atoms with Crippen LogP contribution in [0.2, 0.25) is 0 Å². The SMILES string of the molecule is FC(F)(F)c1ccc(CN2CCN(Cc3ccc(Br)cc3)CC2)cc1. The van der Waals surface area contributed by atoms with E-state index in [9.17, 15) is 13.2 Å². The molecule has 2 nitrogen and oxygen atoms in total. The molecule has 0 saturated carbocycles. The molecule has 6 heteroatoms. The molecule has 0 bridgehead atoms. The van der Waals surface area contributed by atoms with Crippen LogP contribution in [0.3, 0.4) is 0 Å². The molecular formula is C19H20BrF3N2. The van der Waals surface area contributed by atoms with E-state index < -0.39 is 11.7 Å². The summed E-state index contributed by atoms with van der Waals surface area (Å²) in [5.41, 5.74) is 1.63. The van der Waals surface area contributed by atoms with E-state index in [1.165, 1.54) is 17.7 Å². The summed E-state index contributed by atoms with van der Waals surface area (Å²) >= 11 is 3.44. The smallest absolute Gasteiger partial charge is 0.297 e. The standard InChI is InChI=1S/C19H20BrF3N2/c20-18-7-3-16(4-8-18)14-25-11-9-24(10-12-25)13-15-1-5-17(6-2-15)19(21,22)23/h1-8H,9-14H2. The number of halogens is 4. The Morgan fingerprint density at radius 3 is 1.52 bits per heavy atom. The van der Waals surface area contributed by atoms with E-state index in [0.717, 1.165) is 42.8 Å². The molecule has 0 aromatic heterocycles. The number of nitrogens with zero attached hydrogens (tertiary/aromatic N) is 2. The lowest BCUT2D eigenvalue weighted by Crippen LogP contribution is -2.45. The lowest BCUT2D eigenvalue weighted by molar-refractivity contribution is -0.137. The maximum atomic E-state index is 12.6. The van der Waals surface area contributed by atoms with Crippen molar-refractivity contribution in [2.75, 3.05) is 26.2 Å². The van der Waals surface area contributed by atoms with Crippen molar-refractivity contribution in [2.45, 2.75) is 19.3 Å². The van der Waals surface area contributed by atoms with Gasteiger partial charge in [0.2, 0.25) is 0 Å². The Kier molecular flexibility index (Phi) is 5.81. The van der Waals surface area contributed by atoms with Crippen LogP contribution in [-0.4, -0.2) is 36.0 Å². The molecule has 0 spiro atoms. The largest absolute Gasteiger partial charge is 0.416 e. The molecule has 3 rings (SSSR count). The fourth-order valence-electron chi connectivity index (χ4n) is 3.01. The molecule has 25 heavy (non-hydrogen) atoms. The highest BCUT2D eigenvalue weighted by Gasteiger charge is 2.30. The molecule has 1 saturated heterocycles. The molecular weight excluding hydrogens is 393 g/mol. The monoisotopic (exact) mass is 412 g/mol. The molecule has 1 heterocycles. The van der Waals surface area contributed by atoms with Crippen LogP contribution < -0.4 is 0 Å². The molecule has 1 aliphatic rings. The molecule has 1 fully saturated rings. The molecule has 2 aromatic carbocycles. The Morgan fingerprint density at radius 2 is 1.12 bits per heavy atom. The highest BCUT2D eigenvalue weighted by atomic mass is 79.9. The lowest BCUT2D eigenvalue weighted by atomic mass is 10.1. The van der Waals surface area contributed by atoms with Gasteiger partial charge in [-0.2, -0.15) is 13.2 Å². The third kappa shape index (κ3) is 5.30. The van der Waals surface area contributed by atoms with Gasteiger partial charge in [-0.3, -0.25) is 9.80 Å². The fourth-order valence-corrected chi connectivity index (χ4v) is 3.28. The zero-order chi connectivity index (χ0) is 17.9. The summed E-state index contributed by atoms with van der Waals surface area (Å²) < 4.78 is 38.9. The second kappa shape index (κ2) is 7.89. The van der Waals surface area contributed by atoms with Crippen LogP contribution in [0.15, 0.2) is 53.0 Å². The van der Waals surface area contributed by atoms with Gasteiger partial charge in [-0.1, -0.05) is 40.2 Å². The van der Waals surface area contributed by atoms with E-state index in [1.54, 1.807) is 12.1 Å². The highest BCUT2D eigenvalue weighted by molar-refractivity contribution is 9.10. The molecule has 0 N–H and O–H groups in total. The Balaban J connectivity index is 1.48. The third-order valence-electron chi connectivity index (χ3n) is 4.47. The van der Waals surface area contributed by atoms with Gasteiger partial charge in [-0.25, -0.2) is 0 Å². The van der Waals surface area contributed by atoms with Gasteiger partial charge in [0.25, 0.3) is 0 Å². The Labute approximate surface area is 154 Å². The van der Waals surface area contributed by atoms with E-state index in [1.807, 2.05) is 0 Å². The van der Waals surface area contributed by atoms with Crippen LogP contribution in [0.1, 0.15) is 16.7 Å². The molecule has 134 valence electrons. The summed E-state index contributed by atoms with van der Waals surface area (Å²) in [7, 11) is 0. The Bertz CT molecular complexity index is 675. The van der Waals surface area contributed by atoms with Crippen LogP contribution in [0.4, 0.5) is 13.2 Å². The Morgan fingerprint density at radius 1 is 0.720 bits per heavy atom. The van der Waals surface area contributed by atoms with Crippen LogP contribution in [0.5, 0.6) is 0 Å². The van der Waals surface area contributed by atoms with E-state index in [-0.39, 0.29) is 0 Å². The zero-order valence-electron chi connectivity index (χ0n) is 13.8. The maximum absolute atomic E-state index is 12.6. The first-order chi connectivity index (χ1) is 11.9. The number of rotatable bonds is 4. The van der Waals surface area contributed by atoms with Crippen molar-refractivity contribution < 1.29 is 13.2 Å². The van der Waals surface area contributed by atoms with Gasteiger partial charge in [0.15, 0.2) is 0 Å². The van der Waals surface area contributed by atoms with Crippen molar-refractivity contribution in [2.24, 2.45) is 0 Å². The molecule has 0 atom stereocenters. The number of hydrogen-bond donors (Lipinski definition) is 0. The summed E-state index contributed by atoms with van der Waals surface area (Å²) in [6.07, 6.45) is -4.27. The second-order valence-electron chi connectivity index (χ2n) is 6.37. The molecule has 1 aliphatic heterocycles. The Hall–Kier alpha value is -1.37. The first kappa shape index (κ1) is 18.4. The van der Waals surface area contributed by atoms with Gasteiger partial charge < -0.3 is 0 Å². The van der Waals surface area contributed by atoms with Gasteiger partial charge >= 0.3 is 6.18 Å². The van der Waals surface area contributed by atoms with E-state index in [2.05, 4.69) is 50.0 Å². The summed E-state index contributed by atoms with van der Waals surface area (Å²) in [4.78, 5) is 4.70. The summed E-state index contributed by atoms with van der Waals surface area (Å²) in [6.45, 7) is 5.42. The first-order valence-electron chi connectivity index (χ1n) is 8.25. The maximum Gasteiger partial charge on any atom is 0.416 e. The van der Waals surface area contributed by atoms with Crippen molar-refractivity contribution in [1.82, 2.24) is 9.80 Å². The van der Waals surface area contributed by atoms with E-state index in [0.29, 0.717) is 6.54 Å². The summed E-state index contributed by atoms with van der Waals surface area (Å²) in [6, 6.07) is 13.8. The van der Waals surface area contributed by atoms with Crippen molar-refractivity contribution in [1.29, 1.82) is 0 Å². The summed E-state index contributed by atoms with van der Waals surface area (Å²) in [5, 5.41) is 0. The van der Waals surface area contributed by atoms with E-state index >= 15 is 0 Å².